The number of nitriles is 1. The van der Waals surface area contributed by atoms with E-state index in [4.69, 9.17) is 11.0 Å². The van der Waals surface area contributed by atoms with Crippen LogP contribution in [0.1, 0.15) is 29.8 Å². The quantitative estimate of drug-likeness (QED) is 0.823. The first-order chi connectivity index (χ1) is 9.11. The fourth-order valence-electron chi connectivity index (χ4n) is 1.95. The first-order valence-electron chi connectivity index (χ1n) is 6.10. The minimum atomic E-state index is -0.0115. The molecule has 0 aliphatic heterocycles. The molecule has 0 saturated heterocycles. The van der Waals surface area contributed by atoms with Crippen LogP contribution in [-0.4, -0.2) is 4.98 Å². The van der Waals surface area contributed by atoms with Crippen molar-refractivity contribution < 1.29 is 0 Å². The molecule has 0 bridgehead atoms. The molecule has 0 saturated carbocycles. The topological polar surface area (TPSA) is 74.7 Å². The summed E-state index contributed by atoms with van der Waals surface area (Å²) in [5.74, 6) is 0.596. The number of nitrogens with zero attached hydrogens (tertiary/aromatic N) is 2. The van der Waals surface area contributed by atoms with Gasteiger partial charge in [-0.1, -0.05) is 18.2 Å². The maximum Gasteiger partial charge on any atom is 0.144 e. The highest BCUT2D eigenvalue weighted by Gasteiger charge is 2.11. The van der Waals surface area contributed by atoms with Gasteiger partial charge in [0.1, 0.15) is 11.9 Å². The van der Waals surface area contributed by atoms with Crippen LogP contribution < -0.4 is 11.1 Å². The normalized spacial score (nSPS) is 11.6. The number of hydrogen-bond acceptors (Lipinski definition) is 4. The van der Waals surface area contributed by atoms with Crippen molar-refractivity contribution in [1.82, 2.24) is 4.98 Å². The largest absolute Gasteiger partial charge is 0.398 e. The van der Waals surface area contributed by atoms with Crippen molar-refractivity contribution in [2.45, 2.75) is 19.9 Å². The molecule has 3 N–H and O–H groups in total. The standard InChI is InChI=1S/C15H16N4/c1-10-7-8-12(9-16)15(18-10)19-11(2)13-5-3-4-6-14(13)17/h3-8,11H,17H2,1-2H3,(H,18,19). The van der Waals surface area contributed by atoms with Gasteiger partial charge in [0, 0.05) is 11.4 Å². The van der Waals surface area contributed by atoms with E-state index in [0.717, 1.165) is 16.9 Å². The SMILES string of the molecule is Cc1ccc(C#N)c(NC(C)c2ccccc2N)n1. The average Bonchev–Trinajstić information content (AvgIpc) is 2.39. The predicted molar refractivity (Wildman–Crippen MR) is 76.6 cm³/mol. The summed E-state index contributed by atoms with van der Waals surface area (Å²) in [5, 5.41) is 12.3. The van der Waals surface area contributed by atoms with Crippen LogP contribution in [0.25, 0.3) is 0 Å². The van der Waals surface area contributed by atoms with E-state index in [1.807, 2.05) is 44.2 Å². The molecule has 0 aliphatic carbocycles. The lowest BCUT2D eigenvalue weighted by atomic mass is 10.1. The summed E-state index contributed by atoms with van der Waals surface area (Å²) in [7, 11) is 0. The number of benzene rings is 1. The highest BCUT2D eigenvalue weighted by Crippen LogP contribution is 2.24. The number of hydrogen-bond donors (Lipinski definition) is 2. The van der Waals surface area contributed by atoms with Gasteiger partial charge in [-0.15, -0.1) is 0 Å². The first-order valence-corrected chi connectivity index (χ1v) is 6.10. The molecule has 1 aromatic carbocycles. The third-order valence-corrected chi connectivity index (χ3v) is 2.97. The highest BCUT2D eigenvalue weighted by molar-refractivity contribution is 5.56. The van der Waals surface area contributed by atoms with Crippen LogP contribution in [0.5, 0.6) is 0 Å². The Labute approximate surface area is 112 Å². The zero-order valence-electron chi connectivity index (χ0n) is 11.0. The lowest BCUT2D eigenvalue weighted by molar-refractivity contribution is 0.874. The van der Waals surface area contributed by atoms with Crippen molar-refractivity contribution in [1.29, 1.82) is 5.26 Å². The second-order valence-electron chi connectivity index (χ2n) is 4.46. The van der Waals surface area contributed by atoms with Crippen molar-refractivity contribution in [3.63, 3.8) is 0 Å². The molecule has 1 aromatic heterocycles. The van der Waals surface area contributed by atoms with Gasteiger partial charge < -0.3 is 11.1 Å². The lowest BCUT2D eigenvalue weighted by Crippen LogP contribution is -2.11. The zero-order valence-corrected chi connectivity index (χ0v) is 11.0. The van der Waals surface area contributed by atoms with E-state index in [9.17, 15) is 0 Å². The fourth-order valence-corrected chi connectivity index (χ4v) is 1.95. The maximum absolute atomic E-state index is 9.09. The molecule has 19 heavy (non-hydrogen) atoms. The van der Waals surface area contributed by atoms with Gasteiger partial charge in [-0.3, -0.25) is 0 Å². The summed E-state index contributed by atoms with van der Waals surface area (Å²) in [4.78, 5) is 4.36. The summed E-state index contributed by atoms with van der Waals surface area (Å²) in [6.45, 7) is 3.89. The van der Waals surface area contributed by atoms with Gasteiger partial charge in [-0.2, -0.15) is 5.26 Å². The van der Waals surface area contributed by atoms with Crippen molar-refractivity contribution in [2.24, 2.45) is 0 Å². The van der Waals surface area contributed by atoms with Gasteiger partial charge in [0.2, 0.25) is 0 Å². The molecule has 0 fully saturated rings. The van der Waals surface area contributed by atoms with E-state index >= 15 is 0 Å². The van der Waals surface area contributed by atoms with Crippen molar-refractivity contribution >= 4 is 11.5 Å². The van der Waals surface area contributed by atoms with Crippen molar-refractivity contribution in [3.8, 4) is 6.07 Å². The van der Waals surface area contributed by atoms with Gasteiger partial charge in [-0.25, -0.2) is 4.98 Å². The number of nitrogens with one attached hydrogen (secondary N) is 1. The molecule has 1 unspecified atom stereocenters. The molecule has 0 radical (unpaired) electrons. The van der Waals surface area contributed by atoms with Crippen LogP contribution in [0.3, 0.4) is 0 Å². The number of rotatable bonds is 3. The minimum absolute atomic E-state index is 0.0115. The highest BCUT2D eigenvalue weighted by atomic mass is 15.0. The van der Waals surface area contributed by atoms with Crippen LogP contribution in [0, 0.1) is 18.3 Å². The molecule has 0 amide bonds. The second-order valence-corrected chi connectivity index (χ2v) is 4.46. The Hall–Kier alpha value is -2.54. The number of aryl methyl sites for hydroxylation is 1. The second kappa shape index (κ2) is 5.40. The third kappa shape index (κ3) is 2.83. The van der Waals surface area contributed by atoms with E-state index < -0.39 is 0 Å². The molecular formula is C15H16N4. The number of pyridine rings is 1. The molecule has 0 aliphatic rings. The van der Waals surface area contributed by atoms with E-state index in [2.05, 4.69) is 16.4 Å². The van der Waals surface area contributed by atoms with E-state index in [0.29, 0.717) is 11.4 Å². The Morgan fingerprint density at radius 3 is 2.68 bits per heavy atom. The summed E-state index contributed by atoms with van der Waals surface area (Å²) in [6.07, 6.45) is 0. The molecule has 1 atom stereocenters. The average molecular weight is 252 g/mol. The molecular weight excluding hydrogens is 236 g/mol. The van der Waals surface area contributed by atoms with E-state index in [-0.39, 0.29) is 6.04 Å². The Balaban J connectivity index is 2.29. The van der Waals surface area contributed by atoms with Gasteiger partial charge in [-0.05, 0) is 37.6 Å². The summed E-state index contributed by atoms with van der Waals surface area (Å²) in [5.41, 5.74) is 9.08. The third-order valence-electron chi connectivity index (χ3n) is 2.97. The van der Waals surface area contributed by atoms with Crippen molar-refractivity contribution in [3.05, 3.63) is 53.2 Å². The molecule has 2 rings (SSSR count). The van der Waals surface area contributed by atoms with Crippen LogP contribution >= 0.6 is 0 Å². The minimum Gasteiger partial charge on any atom is -0.398 e. The van der Waals surface area contributed by atoms with Crippen LogP contribution in [0.4, 0.5) is 11.5 Å². The number of nitrogens with two attached hydrogens (primary N) is 1. The van der Waals surface area contributed by atoms with E-state index in [1.54, 1.807) is 6.07 Å². The monoisotopic (exact) mass is 252 g/mol. The Morgan fingerprint density at radius 2 is 2.00 bits per heavy atom. The zero-order chi connectivity index (χ0) is 13.8. The molecule has 0 spiro atoms. The van der Waals surface area contributed by atoms with Gasteiger partial charge in [0.05, 0.1) is 11.6 Å². The summed E-state index contributed by atoms with van der Waals surface area (Å²) in [6, 6.07) is 13.4. The fraction of sp³-hybridized carbons (Fsp3) is 0.200. The first kappa shape index (κ1) is 12.9. The van der Waals surface area contributed by atoms with Crippen LogP contribution in [0.15, 0.2) is 36.4 Å². The lowest BCUT2D eigenvalue weighted by Gasteiger charge is -2.17. The smallest absolute Gasteiger partial charge is 0.144 e. The Bertz CT molecular complexity index is 628. The molecule has 4 heteroatoms. The molecule has 4 nitrogen and oxygen atoms in total. The summed E-state index contributed by atoms with van der Waals surface area (Å²) >= 11 is 0. The van der Waals surface area contributed by atoms with Crippen LogP contribution in [-0.2, 0) is 0 Å². The van der Waals surface area contributed by atoms with Gasteiger partial charge >= 0.3 is 0 Å². The number of nitrogen functional groups attached to an aromatic ring is 1. The number of para-hydroxylation sites is 1. The van der Waals surface area contributed by atoms with E-state index in [1.165, 1.54) is 0 Å². The maximum atomic E-state index is 9.09. The molecule has 2 aromatic rings. The number of anilines is 2. The van der Waals surface area contributed by atoms with Gasteiger partial charge in [0.15, 0.2) is 0 Å². The van der Waals surface area contributed by atoms with Crippen molar-refractivity contribution in [2.75, 3.05) is 11.1 Å². The Morgan fingerprint density at radius 1 is 1.26 bits per heavy atom. The van der Waals surface area contributed by atoms with Crippen LogP contribution in [0.2, 0.25) is 0 Å². The molecule has 1 heterocycles. The number of aromatic nitrogens is 1. The summed E-state index contributed by atoms with van der Waals surface area (Å²) < 4.78 is 0. The molecule has 96 valence electrons. The Kier molecular flexibility index (Phi) is 3.67. The van der Waals surface area contributed by atoms with Gasteiger partial charge in [0.25, 0.3) is 0 Å². The predicted octanol–water partition coefficient (Wildman–Crippen LogP) is 3.02.